The van der Waals surface area contributed by atoms with Crippen LogP contribution < -0.4 is 5.32 Å². The van der Waals surface area contributed by atoms with Crippen LogP contribution >= 0.6 is 0 Å². The van der Waals surface area contributed by atoms with E-state index in [4.69, 9.17) is 0 Å². The van der Waals surface area contributed by atoms with E-state index in [0.29, 0.717) is 11.6 Å². The molecular formula is C19H25N3O. The molecule has 0 radical (unpaired) electrons. The average molecular weight is 311 g/mol. The average Bonchev–Trinajstić information content (AvgIpc) is 2.53. The van der Waals surface area contributed by atoms with Gasteiger partial charge in [0.15, 0.2) is 0 Å². The van der Waals surface area contributed by atoms with Gasteiger partial charge in [0, 0.05) is 12.4 Å². The molecule has 1 amide bonds. The van der Waals surface area contributed by atoms with Crippen molar-refractivity contribution in [2.24, 2.45) is 11.8 Å². The van der Waals surface area contributed by atoms with Gasteiger partial charge in [0.05, 0.1) is 12.2 Å². The number of carbonyl (C=O) groups excluding carboxylic acids is 1. The molecule has 0 saturated heterocycles. The fourth-order valence-corrected chi connectivity index (χ4v) is 2.60. The Hall–Kier alpha value is -2.23. The zero-order valence-electron chi connectivity index (χ0n) is 14.3. The minimum absolute atomic E-state index is 0.0439. The minimum atomic E-state index is -0.192. The highest BCUT2D eigenvalue weighted by molar-refractivity contribution is 5.92. The van der Waals surface area contributed by atoms with Crippen LogP contribution in [0.2, 0.25) is 0 Å². The SMILES string of the molecule is CC(C)Cc1ccc(C(NC(=O)c2cnccn2)C(C)C)cc1. The van der Waals surface area contributed by atoms with Gasteiger partial charge in [-0.3, -0.25) is 9.78 Å². The normalized spacial score (nSPS) is 12.4. The van der Waals surface area contributed by atoms with Crippen LogP contribution in [0.15, 0.2) is 42.9 Å². The summed E-state index contributed by atoms with van der Waals surface area (Å²) in [7, 11) is 0. The lowest BCUT2D eigenvalue weighted by Crippen LogP contribution is -2.32. The molecule has 2 rings (SSSR count). The molecule has 0 aliphatic rings. The van der Waals surface area contributed by atoms with Gasteiger partial charge >= 0.3 is 0 Å². The maximum atomic E-state index is 12.3. The summed E-state index contributed by atoms with van der Waals surface area (Å²) in [6.45, 7) is 8.63. The number of hydrogen-bond donors (Lipinski definition) is 1. The van der Waals surface area contributed by atoms with Crippen molar-refractivity contribution in [1.29, 1.82) is 0 Å². The predicted octanol–water partition coefficient (Wildman–Crippen LogP) is 3.80. The number of rotatable bonds is 6. The topological polar surface area (TPSA) is 54.9 Å². The fourth-order valence-electron chi connectivity index (χ4n) is 2.60. The largest absolute Gasteiger partial charge is 0.344 e. The molecule has 0 aliphatic heterocycles. The van der Waals surface area contributed by atoms with Crippen LogP contribution in [0.1, 0.15) is 55.4 Å². The van der Waals surface area contributed by atoms with Crippen LogP contribution in [-0.2, 0) is 6.42 Å². The molecule has 0 bridgehead atoms. The minimum Gasteiger partial charge on any atom is -0.344 e. The fraction of sp³-hybridized carbons (Fsp3) is 0.421. The summed E-state index contributed by atoms with van der Waals surface area (Å²) in [5.74, 6) is 0.729. The van der Waals surface area contributed by atoms with Crippen molar-refractivity contribution in [3.8, 4) is 0 Å². The maximum absolute atomic E-state index is 12.3. The third-order valence-electron chi connectivity index (χ3n) is 3.73. The van der Waals surface area contributed by atoms with Crippen molar-refractivity contribution in [1.82, 2.24) is 15.3 Å². The third-order valence-corrected chi connectivity index (χ3v) is 3.73. The molecule has 1 atom stereocenters. The summed E-state index contributed by atoms with van der Waals surface area (Å²) >= 11 is 0. The van der Waals surface area contributed by atoms with Gasteiger partial charge in [-0.25, -0.2) is 4.98 Å². The van der Waals surface area contributed by atoms with Gasteiger partial charge in [0.25, 0.3) is 5.91 Å². The Morgan fingerprint density at radius 2 is 1.78 bits per heavy atom. The van der Waals surface area contributed by atoms with Crippen molar-refractivity contribution in [3.05, 3.63) is 59.7 Å². The molecule has 1 aromatic carbocycles. The van der Waals surface area contributed by atoms with Crippen LogP contribution in [0.5, 0.6) is 0 Å². The predicted molar refractivity (Wildman–Crippen MR) is 92.1 cm³/mol. The van der Waals surface area contributed by atoms with Crippen molar-refractivity contribution in [2.45, 2.75) is 40.2 Å². The van der Waals surface area contributed by atoms with Crippen LogP contribution in [-0.4, -0.2) is 15.9 Å². The molecule has 4 nitrogen and oxygen atoms in total. The standard InChI is InChI=1S/C19H25N3O/c1-13(2)11-15-5-7-16(8-6-15)18(14(3)4)22-19(23)17-12-20-9-10-21-17/h5-10,12-14,18H,11H2,1-4H3,(H,22,23). The van der Waals surface area contributed by atoms with Crippen molar-refractivity contribution in [2.75, 3.05) is 0 Å². The van der Waals surface area contributed by atoms with E-state index in [2.05, 4.69) is 67.2 Å². The van der Waals surface area contributed by atoms with E-state index in [0.717, 1.165) is 12.0 Å². The number of aromatic nitrogens is 2. The van der Waals surface area contributed by atoms with E-state index < -0.39 is 0 Å². The molecule has 0 spiro atoms. The van der Waals surface area contributed by atoms with Crippen LogP contribution in [0.4, 0.5) is 0 Å². The van der Waals surface area contributed by atoms with E-state index in [1.54, 1.807) is 6.20 Å². The first-order valence-electron chi connectivity index (χ1n) is 8.13. The zero-order valence-corrected chi connectivity index (χ0v) is 14.3. The molecule has 0 saturated carbocycles. The molecule has 0 fully saturated rings. The molecular weight excluding hydrogens is 286 g/mol. The summed E-state index contributed by atoms with van der Waals surface area (Å²) < 4.78 is 0. The Morgan fingerprint density at radius 3 is 2.30 bits per heavy atom. The Balaban J connectivity index is 2.13. The summed E-state index contributed by atoms with van der Waals surface area (Å²) in [6, 6.07) is 8.48. The lowest BCUT2D eigenvalue weighted by molar-refractivity contribution is 0.0920. The van der Waals surface area contributed by atoms with Crippen LogP contribution in [0.3, 0.4) is 0 Å². The Morgan fingerprint density at radius 1 is 1.09 bits per heavy atom. The molecule has 0 aliphatic carbocycles. The molecule has 1 unspecified atom stereocenters. The lowest BCUT2D eigenvalue weighted by atomic mass is 9.93. The molecule has 23 heavy (non-hydrogen) atoms. The summed E-state index contributed by atoms with van der Waals surface area (Å²) in [6.07, 6.45) is 5.64. The molecule has 2 aromatic rings. The molecule has 1 heterocycles. The van der Waals surface area contributed by atoms with E-state index in [1.165, 1.54) is 18.0 Å². The highest BCUT2D eigenvalue weighted by Crippen LogP contribution is 2.23. The summed E-state index contributed by atoms with van der Waals surface area (Å²) in [5.41, 5.74) is 2.78. The second kappa shape index (κ2) is 7.86. The van der Waals surface area contributed by atoms with Gasteiger partial charge in [-0.15, -0.1) is 0 Å². The Kier molecular flexibility index (Phi) is 5.85. The monoisotopic (exact) mass is 311 g/mol. The number of nitrogens with one attached hydrogen (secondary N) is 1. The Bertz CT molecular complexity index is 621. The third kappa shape index (κ3) is 4.88. The summed E-state index contributed by atoms with van der Waals surface area (Å²) in [5, 5.41) is 3.07. The Labute approximate surface area is 138 Å². The lowest BCUT2D eigenvalue weighted by Gasteiger charge is -2.23. The number of nitrogens with zero attached hydrogens (tertiary/aromatic N) is 2. The summed E-state index contributed by atoms with van der Waals surface area (Å²) in [4.78, 5) is 20.3. The second-order valence-electron chi connectivity index (χ2n) is 6.63. The quantitative estimate of drug-likeness (QED) is 0.882. The van der Waals surface area contributed by atoms with E-state index in [9.17, 15) is 4.79 Å². The van der Waals surface area contributed by atoms with Crippen LogP contribution in [0.25, 0.3) is 0 Å². The van der Waals surface area contributed by atoms with Gasteiger partial charge in [0.1, 0.15) is 5.69 Å². The van der Waals surface area contributed by atoms with Crippen molar-refractivity contribution in [3.63, 3.8) is 0 Å². The first kappa shape index (κ1) is 17.1. The number of benzene rings is 1. The first-order chi connectivity index (χ1) is 11.0. The van der Waals surface area contributed by atoms with Gasteiger partial charge in [0.2, 0.25) is 0 Å². The molecule has 4 heteroatoms. The number of carbonyl (C=O) groups is 1. The van der Waals surface area contributed by atoms with E-state index in [1.807, 2.05) is 0 Å². The van der Waals surface area contributed by atoms with Gasteiger partial charge in [-0.2, -0.15) is 0 Å². The van der Waals surface area contributed by atoms with Crippen molar-refractivity contribution < 1.29 is 4.79 Å². The van der Waals surface area contributed by atoms with E-state index in [-0.39, 0.29) is 17.9 Å². The van der Waals surface area contributed by atoms with Gasteiger partial charge in [-0.05, 0) is 29.4 Å². The van der Waals surface area contributed by atoms with Crippen LogP contribution in [0, 0.1) is 11.8 Å². The van der Waals surface area contributed by atoms with Gasteiger partial charge < -0.3 is 5.32 Å². The molecule has 1 aromatic heterocycles. The smallest absolute Gasteiger partial charge is 0.271 e. The molecule has 1 N–H and O–H groups in total. The number of amides is 1. The first-order valence-corrected chi connectivity index (χ1v) is 8.13. The van der Waals surface area contributed by atoms with Gasteiger partial charge in [-0.1, -0.05) is 52.0 Å². The second-order valence-corrected chi connectivity index (χ2v) is 6.63. The maximum Gasteiger partial charge on any atom is 0.271 e. The highest BCUT2D eigenvalue weighted by atomic mass is 16.1. The number of hydrogen-bond acceptors (Lipinski definition) is 3. The van der Waals surface area contributed by atoms with Crippen molar-refractivity contribution >= 4 is 5.91 Å². The van der Waals surface area contributed by atoms with E-state index >= 15 is 0 Å². The highest BCUT2D eigenvalue weighted by Gasteiger charge is 2.19. The zero-order chi connectivity index (χ0) is 16.8. The molecule has 122 valence electrons.